The molecule has 0 aliphatic rings. The van der Waals surface area contributed by atoms with Crippen molar-refractivity contribution in [2.24, 2.45) is 5.84 Å². The van der Waals surface area contributed by atoms with E-state index in [1.807, 2.05) is 56.3 Å². The molecule has 3 N–H and O–H groups in total. The van der Waals surface area contributed by atoms with Crippen molar-refractivity contribution in [3.63, 3.8) is 0 Å². The van der Waals surface area contributed by atoms with Crippen molar-refractivity contribution in [1.29, 1.82) is 0 Å². The van der Waals surface area contributed by atoms with Crippen LogP contribution in [-0.4, -0.2) is 7.05 Å². The summed E-state index contributed by atoms with van der Waals surface area (Å²) in [6.45, 7) is 4.95. The van der Waals surface area contributed by atoms with Crippen molar-refractivity contribution in [3.8, 4) is 0 Å². The standard InChI is InChI=1S/C14H15N.C6H8N2.C2H6/c1-15(14-10-6-3-7-11-14)12-13-8-4-2-5-9-13;7-8-6-4-2-1-3-5-6;1-2/h2-11H,12H2,1H3;1-5,8H,7H2;1-2H3. The Morgan fingerprint density at radius 2 is 1.16 bits per heavy atom. The molecule has 3 nitrogen and oxygen atoms in total. The molecule has 132 valence electrons. The smallest absolute Gasteiger partial charge is 0.0485 e. The Morgan fingerprint density at radius 3 is 1.60 bits per heavy atom. The van der Waals surface area contributed by atoms with Crippen LogP contribution in [0.5, 0.6) is 0 Å². The summed E-state index contributed by atoms with van der Waals surface area (Å²) in [5, 5.41) is 0. The first-order valence-corrected chi connectivity index (χ1v) is 8.61. The van der Waals surface area contributed by atoms with Gasteiger partial charge in [0.25, 0.3) is 0 Å². The van der Waals surface area contributed by atoms with Crippen molar-refractivity contribution in [3.05, 3.63) is 96.6 Å². The van der Waals surface area contributed by atoms with Crippen LogP contribution in [0, 0.1) is 0 Å². The van der Waals surface area contributed by atoms with Crippen LogP contribution in [0.4, 0.5) is 11.4 Å². The second-order valence-electron chi connectivity index (χ2n) is 5.19. The van der Waals surface area contributed by atoms with Crippen LogP contribution in [0.1, 0.15) is 19.4 Å². The number of benzene rings is 3. The first-order chi connectivity index (χ1) is 12.3. The lowest BCUT2D eigenvalue weighted by Gasteiger charge is -2.19. The topological polar surface area (TPSA) is 41.3 Å². The number of rotatable bonds is 4. The van der Waals surface area contributed by atoms with Gasteiger partial charge in [-0.15, -0.1) is 0 Å². The van der Waals surface area contributed by atoms with Gasteiger partial charge in [-0.25, -0.2) is 0 Å². The van der Waals surface area contributed by atoms with Crippen molar-refractivity contribution < 1.29 is 0 Å². The normalized spacial score (nSPS) is 8.96. The largest absolute Gasteiger partial charge is 0.370 e. The second-order valence-corrected chi connectivity index (χ2v) is 5.19. The van der Waals surface area contributed by atoms with E-state index in [0.717, 1.165) is 12.2 Å². The number of nitrogens with one attached hydrogen (secondary N) is 1. The molecule has 0 saturated carbocycles. The SMILES string of the molecule is CC.CN(Cc1ccccc1)c1ccccc1.NNc1ccccc1. The van der Waals surface area contributed by atoms with Gasteiger partial charge in [0.05, 0.1) is 0 Å². The molecule has 0 aromatic heterocycles. The molecule has 0 unspecified atom stereocenters. The molecule has 0 spiro atoms. The fraction of sp³-hybridized carbons (Fsp3) is 0.182. The van der Waals surface area contributed by atoms with Crippen LogP contribution in [0.2, 0.25) is 0 Å². The zero-order chi connectivity index (χ0) is 18.3. The highest BCUT2D eigenvalue weighted by atomic mass is 15.2. The van der Waals surface area contributed by atoms with Crippen LogP contribution in [-0.2, 0) is 6.54 Å². The molecule has 0 radical (unpaired) electrons. The van der Waals surface area contributed by atoms with E-state index in [1.54, 1.807) is 0 Å². The van der Waals surface area contributed by atoms with E-state index in [9.17, 15) is 0 Å². The highest BCUT2D eigenvalue weighted by Crippen LogP contribution is 2.14. The van der Waals surface area contributed by atoms with E-state index < -0.39 is 0 Å². The molecule has 25 heavy (non-hydrogen) atoms. The Labute approximate surface area is 152 Å². The van der Waals surface area contributed by atoms with Crippen molar-refractivity contribution >= 4 is 11.4 Å². The van der Waals surface area contributed by atoms with E-state index in [1.165, 1.54) is 11.3 Å². The predicted molar refractivity (Wildman–Crippen MR) is 111 cm³/mol. The van der Waals surface area contributed by atoms with Crippen molar-refractivity contribution in [2.75, 3.05) is 17.4 Å². The van der Waals surface area contributed by atoms with Crippen LogP contribution in [0.3, 0.4) is 0 Å². The molecule has 0 saturated heterocycles. The third-order valence-electron chi connectivity index (χ3n) is 3.40. The summed E-state index contributed by atoms with van der Waals surface area (Å²) in [5.74, 6) is 5.10. The maximum atomic E-state index is 5.10. The molecule has 3 heteroatoms. The molecular formula is C22H29N3. The van der Waals surface area contributed by atoms with E-state index in [2.05, 4.69) is 65.9 Å². The fourth-order valence-electron chi connectivity index (χ4n) is 2.17. The zero-order valence-electron chi connectivity index (χ0n) is 15.4. The maximum absolute atomic E-state index is 5.10. The highest BCUT2D eigenvalue weighted by molar-refractivity contribution is 5.45. The van der Waals surface area contributed by atoms with Crippen molar-refractivity contribution in [2.45, 2.75) is 20.4 Å². The molecule has 0 bridgehead atoms. The van der Waals surface area contributed by atoms with Gasteiger partial charge >= 0.3 is 0 Å². The summed E-state index contributed by atoms with van der Waals surface area (Å²) in [7, 11) is 2.11. The van der Waals surface area contributed by atoms with Gasteiger partial charge < -0.3 is 10.3 Å². The molecule has 0 amide bonds. The minimum Gasteiger partial charge on any atom is -0.370 e. The zero-order valence-corrected chi connectivity index (χ0v) is 15.4. The molecule has 3 rings (SSSR count). The Morgan fingerprint density at radius 1 is 0.720 bits per heavy atom. The summed E-state index contributed by atoms with van der Waals surface area (Å²) >= 11 is 0. The first-order valence-electron chi connectivity index (χ1n) is 8.61. The Bertz CT molecular complexity index is 655. The molecule has 3 aromatic carbocycles. The maximum Gasteiger partial charge on any atom is 0.0485 e. The molecule has 0 atom stereocenters. The molecule has 3 aromatic rings. The number of hydrogen-bond acceptors (Lipinski definition) is 3. The quantitative estimate of drug-likeness (QED) is 0.501. The van der Waals surface area contributed by atoms with E-state index in [-0.39, 0.29) is 0 Å². The molecule has 0 fully saturated rings. The van der Waals surface area contributed by atoms with Gasteiger partial charge in [-0.2, -0.15) is 0 Å². The predicted octanol–water partition coefficient (Wildman–Crippen LogP) is 5.32. The number of nitrogen functional groups attached to an aromatic ring is 1. The highest BCUT2D eigenvalue weighted by Gasteiger charge is 1.99. The van der Waals surface area contributed by atoms with E-state index in [0.29, 0.717) is 0 Å². The molecule has 0 heterocycles. The average molecular weight is 335 g/mol. The summed E-state index contributed by atoms with van der Waals surface area (Å²) in [5.41, 5.74) is 6.05. The molecule has 0 aliphatic carbocycles. The van der Waals surface area contributed by atoms with Crippen molar-refractivity contribution in [1.82, 2.24) is 0 Å². The average Bonchev–Trinajstić information content (AvgIpc) is 2.72. The van der Waals surface area contributed by atoms with Crippen LogP contribution < -0.4 is 16.2 Å². The monoisotopic (exact) mass is 335 g/mol. The van der Waals surface area contributed by atoms with Crippen LogP contribution in [0.25, 0.3) is 0 Å². The summed E-state index contributed by atoms with van der Waals surface area (Å²) in [4.78, 5) is 2.25. The van der Waals surface area contributed by atoms with E-state index >= 15 is 0 Å². The lowest BCUT2D eigenvalue weighted by molar-refractivity contribution is 0.923. The lowest BCUT2D eigenvalue weighted by Crippen LogP contribution is -2.15. The van der Waals surface area contributed by atoms with Gasteiger partial charge in [-0.3, -0.25) is 5.84 Å². The number of nitrogens with two attached hydrogens (primary N) is 1. The second kappa shape index (κ2) is 12.6. The molecule has 0 aliphatic heterocycles. The van der Waals surface area contributed by atoms with Gasteiger partial charge in [-0.1, -0.05) is 80.6 Å². The van der Waals surface area contributed by atoms with Gasteiger partial charge in [0.15, 0.2) is 0 Å². The third kappa shape index (κ3) is 8.04. The lowest BCUT2D eigenvalue weighted by atomic mass is 10.2. The number of hydrazine groups is 1. The summed E-state index contributed by atoms with van der Waals surface area (Å²) in [6.07, 6.45) is 0. The third-order valence-corrected chi connectivity index (χ3v) is 3.40. The summed E-state index contributed by atoms with van der Waals surface area (Å²) < 4.78 is 0. The Balaban J connectivity index is 0.000000264. The van der Waals surface area contributed by atoms with E-state index in [4.69, 9.17) is 5.84 Å². The number of hydrogen-bond donors (Lipinski definition) is 2. The number of nitrogens with zero attached hydrogens (tertiary/aromatic N) is 1. The molecular weight excluding hydrogens is 306 g/mol. The Hall–Kier alpha value is -2.78. The fourth-order valence-corrected chi connectivity index (χ4v) is 2.17. The Kier molecular flexibility index (Phi) is 10.2. The van der Waals surface area contributed by atoms with Gasteiger partial charge in [-0.05, 0) is 29.8 Å². The first kappa shape index (κ1) is 20.3. The van der Waals surface area contributed by atoms with Crippen LogP contribution >= 0.6 is 0 Å². The van der Waals surface area contributed by atoms with Crippen LogP contribution in [0.15, 0.2) is 91.0 Å². The number of anilines is 2. The minimum atomic E-state index is 0.938. The minimum absolute atomic E-state index is 0.938. The number of para-hydroxylation sites is 2. The van der Waals surface area contributed by atoms with Gasteiger partial charge in [0.2, 0.25) is 0 Å². The summed E-state index contributed by atoms with van der Waals surface area (Å²) in [6, 6.07) is 30.5. The van der Waals surface area contributed by atoms with Gasteiger partial charge in [0, 0.05) is 25.0 Å². The van der Waals surface area contributed by atoms with Gasteiger partial charge in [0.1, 0.15) is 0 Å².